The summed E-state index contributed by atoms with van der Waals surface area (Å²) >= 11 is 13.2. The number of hydrogen-bond donors (Lipinski definition) is 1. The van der Waals surface area contributed by atoms with E-state index in [0.717, 1.165) is 21.7 Å². The fourth-order valence-corrected chi connectivity index (χ4v) is 3.88. The van der Waals surface area contributed by atoms with Crippen molar-refractivity contribution in [3.63, 3.8) is 0 Å². The summed E-state index contributed by atoms with van der Waals surface area (Å²) in [5, 5.41) is 21.2. The van der Waals surface area contributed by atoms with Crippen LogP contribution in [0.25, 0.3) is 33.7 Å². The summed E-state index contributed by atoms with van der Waals surface area (Å²) in [5.74, 6) is 1.15. The number of aromatic nitrogens is 5. The van der Waals surface area contributed by atoms with Crippen molar-refractivity contribution in [2.75, 3.05) is 5.32 Å². The van der Waals surface area contributed by atoms with Crippen molar-refractivity contribution in [2.45, 2.75) is 6.92 Å². The monoisotopic (exact) mass is 470 g/mol. The molecule has 0 aliphatic heterocycles. The smallest absolute Gasteiger partial charge is 0.322 e. The van der Waals surface area contributed by atoms with Crippen molar-refractivity contribution in [3.8, 4) is 33.7 Å². The lowest BCUT2D eigenvalue weighted by molar-refractivity contribution is 0.585. The Balaban J connectivity index is 1.36. The van der Waals surface area contributed by atoms with Crippen molar-refractivity contribution in [1.29, 1.82) is 0 Å². The van der Waals surface area contributed by atoms with Gasteiger partial charge in [-0.3, -0.25) is 5.32 Å². The minimum atomic E-state index is 0.220. The Bertz CT molecular complexity index is 1350. The van der Waals surface area contributed by atoms with E-state index in [1.54, 1.807) is 36.4 Å². The van der Waals surface area contributed by atoms with Crippen LogP contribution in [0.1, 0.15) is 5.69 Å². The van der Waals surface area contributed by atoms with Gasteiger partial charge in [-0.2, -0.15) is 0 Å². The Labute approximate surface area is 189 Å². The van der Waals surface area contributed by atoms with E-state index in [4.69, 9.17) is 32.0 Å². The number of aryl methyl sites for hydroxylation is 1. The van der Waals surface area contributed by atoms with Crippen LogP contribution in [0, 0.1) is 6.92 Å². The lowest BCUT2D eigenvalue weighted by atomic mass is 10.2. The van der Waals surface area contributed by atoms with Gasteiger partial charge < -0.3 is 8.83 Å². The third-order valence-corrected chi connectivity index (χ3v) is 5.80. The van der Waals surface area contributed by atoms with Crippen LogP contribution in [0.15, 0.2) is 57.4 Å². The van der Waals surface area contributed by atoms with E-state index in [0.29, 0.717) is 32.8 Å². The molecule has 0 atom stereocenters. The average molecular weight is 471 g/mol. The van der Waals surface area contributed by atoms with Gasteiger partial charge >= 0.3 is 6.01 Å². The lowest BCUT2D eigenvalue weighted by Gasteiger charge is -1.95. The third-order valence-electron chi connectivity index (χ3n) is 4.24. The summed E-state index contributed by atoms with van der Waals surface area (Å²) in [4.78, 5) is 5.23. The van der Waals surface area contributed by atoms with Crippen LogP contribution >= 0.6 is 34.5 Å². The largest absolute Gasteiger partial charge is 0.415 e. The minimum Gasteiger partial charge on any atom is -0.415 e. The first kappa shape index (κ1) is 19.7. The summed E-state index contributed by atoms with van der Waals surface area (Å²) in [6.45, 7) is 1.86. The zero-order chi connectivity index (χ0) is 21.4. The third kappa shape index (κ3) is 4.15. The summed E-state index contributed by atoms with van der Waals surface area (Å²) in [6, 6.07) is 14.5. The zero-order valence-corrected chi connectivity index (χ0v) is 18.2. The molecule has 0 spiro atoms. The number of rotatable bonds is 5. The van der Waals surface area contributed by atoms with E-state index >= 15 is 0 Å². The maximum Gasteiger partial charge on any atom is 0.322 e. The lowest BCUT2D eigenvalue weighted by Crippen LogP contribution is -1.89. The number of halogens is 2. The van der Waals surface area contributed by atoms with Gasteiger partial charge in [0.2, 0.25) is 11.8 Å². The van der Waals surface area contributed by atoms with Crippen LogP contribution < -0.4 is 5.32 Å². The van der Waals surface area contributed by atoms with Gasteiger partial charge in [0, 0.05) is 21.2 Å². The molecule has 0 unspecified atom stereocenters. The van der Waals surface area contributed by atoms with Crippen molar-refractivity contribution < 1.29 is 8.83 Å². The van der Waals surface area contributed by atoms with E-state index in [1.807, 2.05) is 19.1 Å². The highest BCUT2D eigenvalue weighted by Gasteiger charge is 2.18. The molecule has 0 aliphatic rings. The molecule has 8 nitrogen and oxygen atoms in total. The highest BCUT2D eigenvalue weighted by molar-refractivity contribution is 7.19. The van der Waals surface area contributed by atoms with Gasteiger partial charge in [0.15, 0.2) is 5.13 Å². The summed E-state index contributed by atoms with van der Waals surface area (Å²) < 4.78 is 11.5. The number of hydrogen-bond acceptors (Lipinski definition) is 9. The van der Waals surface area contributed by atoms with Gasteiger partial charge in [0.1, 0.15) is 4.88 Å². The fourth-order valence-electron chi connectivity index (χ4n) is 2.75. The second kappa shape index (κ2) is 8.10. The van der Waals surface area contributed by atoms with Gasteiger partial charge in [-0.25, -0.2) is 4.98 Å². The Morgan fingerprint density at radius 2 is 1.29 bits per heavy atom. The quantitative estimate of drug-likeness (QED) is 0.320. The second-order valence-corrected chi connectivity index (χ2v) is 8.27. The molecule has 0 bridgehead atoms. The highest BCUT2D eigenvalue weighted by Crippen LogP contribution is 2.35. The molecular formula is C20H12Cl2N6O2S. The van der Waals surface area contributed by atoms with Crippen molar-refractivity contribution in [2.24, 2.45) is 0 Å². The molecule has 154 valence electrons. The molecule has 31 heavy (non-hydrogen) atoms. The van der Waals surface area contributed by atoms with Crippen LogP contribution in [0.2, 0.25) is 10.0 Å². The standard InChI is InChI=1S/C20H12Cl2N6O2S/c1-10-15(18-27-25-16(29-18)11-2-6-13(21)7-3-11)31-20(23-10)24-19-28-26-17(30-19)12-4-8-14(22)9-5-12/h2-9H,1H3,(H,23,24,28). The summed E-state index contributed by atoms with van der Waals surface area (Å²) in [7, 11) is 0. The topological polar surface area (TPSA) is 103 Å². The fraction of sp³-hybridized carbons (Fsp3) is 0.0500. The Morgan fingerprint density at radius 1 is 0.742 bits per heavy atom. The summed E-state index contributed by atoms with van der Waals surface area (Å²) in [6.07, 6.45) is 0. The number of nitrogens with zero attached hydrogens (tertiary/aromatic N) is 5. The average Bonchev–Trinajstić information content (AvgIpc) is 3.50. The predicted octanol–water partition coefficient (Wildman–Crippen LogP) is 6.27. The predicted molar refractivity (Wildman–Crippen MR) is 119 cm³/mol. The van der Waals surface area contributed by atoms with Crippen LogP contribution in [0.4, 0.5) is 11.1 Å². The molecule has 2 aromatic carbocycles. The van der Waals surface area contributed by atoms with Crippen LogP contribution in [0.5, 0.6) is 0 Å². The Hall–Kier alpha value is -3.27. The second-order valence-electron chi connectivity index (χ2n) is 6.40. The SMILES string of the molecule is Cc1nc(Nc2nnc(-c3ccc(Cl)cc3)o2)sc1-c1nnc(-c2ccc(Cl)cc2)o1. The molecule has 1 N–H and O–H groups in total. The van der Waals surface area contributed by atoms with Gasteiger partial charge in [-0.1, -0.05) is 39.6 Å². The Morgan fingerprint density at radius 3 is 1.94 bits per heavy atom. The molecule has 0 radical (unpaired) electrons. The van der Waals surface area contributed by atoms with E-state index in [9.17, 15) is 0 Å². The van der Waals surface area contributed by atoms with E-state index < -0.39 is 0 Å². The first-order valence-corrected chi connectivity index (χ1v) is 10.6. The molecule has 0 aliphatic carbocycles. The Kier molecular flexibility index (Phi) is 5.14. The molecule has 3 aromatic heterocycles. The van der Waals surface area contributed by atoms with E-state index in [-0.39, 0.29) is 6.01 Å². The molecule has 0 saturated heterocycles. The molecule has 0 amide bonds. The normalized spacial score (nSPS) is 11.1. The summed E-state index contributed by atoms with van der Waals surface area (Å²) in [5.41, 5.74) is 2.28. The minimum absolute atomic E-state index is 0.220. The maximum atomic E-state index is 5.93. The van der Waals surface area contributed by atoms with Crippen molar-refractivity contribution >= 4 is 45.7 Å². The molecule has 3 heterocycles. The molecule has 5 aromatic rings. The number of nitrogens with one attached hydrogen (secondary N) is 1. The van der Waals surface area contributed by atoms with Crippen molar-refractivity contribution in [3.05, 3.63) is 64.3 Å². The van der Waals surface area contributed by atoms with Crippen molar-refractivity contribution in [1.82, 2.24) is 25.4 Å². The molecule has 0 fully saturated rings. The van der Waals surface area contributed by atoms with Gasteiger partial charge in [-0.05, 0) is 55.5 Å². The van der Waals surface area contributed by atoms with Gasteiger partial charge in [0.25, 0.3) is 5.89 Å². The molecule has 5 rings (SSSR count). The molecule has 0 saturated carbocycles. The number of anilines is 2. The van der Waals surface area contributed by atoms with Crippen LogP contribution in [0.3, 0.4) is 0 Å². The first-order valence-electron chi connectivity index (χ1n) is 8.99. The maximum absolute atomic E-state index is 5.93. The molecule has 11 heteroatoms. The van der Waals surface area contributed by atoms with Crippen LogP contribution in [-0.2, 0) is 0 Å². The highest BCUT2D eigenvalue weighted by atomic mass is 35.5. The number of thiazole rings is 1. The first-order chi connectivity index (χ1) is 15.0. The zero-order valence-electron chi connectivity index (χ0n) is 15.8. The number of benzene rings is 2. The molecular weight excluding hydrogens is 459 g/mol. The van der Waals surface area contributed by atoms with Gasteiger partial charge in [0.05, 0.1) is 5.69 Å². The van der Waals surface area contributed by atoms with Crippen LogP contribution in [-0.4, -0.2) is 25.4 Å². The van der Waals surface area contributed by atoms with Gasteiger partial charge in [-0.15, -0.1) is 15.3 Å². The van der Waals surface area contributed by atoms with E-state index in [1.165, 1.54) is 11.3 Å². The van der Waals surface area contributed by atoms with E-state index in [2.05, 4.69) is 30.7 Å².